The van der Waals surface area contributed by atoms with Crippen molar-refractivity contribution in [2.24, 2.45) is 0 Å². The predicted octanol–water partition coefficient (Wildman–Crippen LogP) is 2.91. The summed E-state index contributed by atoms with van der Waals surface area (Å²) in [5.41, 5.74) is 1.55. The zero-order chi connectivity index (χ0) is 8.32. The molecule has 0 radical (unpaired) electrons. The highest BCUT2D eigenvalue weighted by Gasteiger charge is 2.42. The third kappa shape index (κ3) is 2.66. The van der Waals surface area contributed by atoms with Gasteiger partial charge in [0.1, 0.15) is 0 Å². The van der Waals surface area contributed by atoms with E-state index in [0.29, 0.717) is 0 Å². The zero-order valence-corrected chi connectivity index (χ0v) is 7.65. The maximum absolute atomic E-state index is 5.45. The van der Waals surface area contributed by atoms with E-state index < -0.39 is 0 Å². The second-order valence-corrected chi connectivity index (χ2v) is 3.68. The lowest BCUT2D eigenvalue weighted by Crippen LogP contribution is -2.09. The van der Waals surface area contributed by atoms with Crippen molar-refractivity contribution in [2.75, 3.05) is 6.61 Å². The summed E-state index contributed by atoms with van der Waals surface area (Å²) in [6.07, 6.45) is 4.76. The summed E-state index contributed by atoms with van der Waals surface area (Å²) in [6.45, 7) is 9.17. The van der Waals surface area contributed by atoms with E-state index in [1.54, 1.807) is 0 Å². The van der Waals surface area contributed by atoms with E-state index in [-0.39, 0.29) is 5.60 Å². The van der Waals surface area contributed by atoms with Gasteiger partial charge in [-0.1, -0.05) is 18.9 Å². The minimum atomic E-state index is 0.272. The number of allylic oxidation sites excluding steroid dienone is 1. The van der Waals surface area contributed by atoms with Crippen molar-refractivity contribution in [3.63, 3.8) is 0 Å². The van der Waals surface area contributed by atoms with Crippen LogP contribution in [0.4, 0.5) is 0 Å². The van der Waals surface area contributed by atoms with E-state index in [4.69, 9.17) is 4.74 Å². The first-order chi connectivity index (χ1) is 5.18. The van der Waals surface area contributed by atoms with Crippen LogP contribution < -0.4 is 0 Å². The lowest BCUT2D eigenvalue weighted by Gasteiger charge is -2.09. The van der Waals surface area contributed by atoms with Gasteiger partial charge in [0.05, 0.1) is 12.2 Å². The van der Waals surface area contributed by atoms with E-state index in [2.05, 4.69) is 20.4 Å². The van der Waals surface area contributed by atoms with Crippen molar-refractivity contribution in [1.82, 2.24) is 0 Å². The van der Waals surface area contributed by atoms with E-state index in [9.17, 15) is 0 Å². The Balaban J connectivity index is 2.19. The average molecular weight is 154 g/mol. The summed E-state index contributed by atoms with van der Waals surface area (Å²) < 4.78 is 5.45. The van der Waals surface area contributed by atoms with Gasteiger partial charge in [-0.2, -0.15) is 0 Å². The van der Waals surface area contributed by atoms with Gasteiger partial charge in [-0.3, -0.25) is 0 Å². The van der Waals surface area contributed by atoms with Crippen LogP contribution in [0.3, 0.4) is 0 Å². The highest BCUT2D eigenvalue weighted by atomic mass is 16.6. The Morgan fingerprint density at radius 3 is 2.55 bits per heavy atom. The van der Waals surface area contributed by atoms with Crippen molar-refractivity contribution in [1.29, 1.82) is 0 Å². The van der Waals surface area contributed by atoms with E-state index >= 15 is 0 Å². The van der Waals surface area contributed by atoms with Gasteiger partial charge in [0.2, 0.25) is 0 Å². The standard InChI is InChI=1S/C10H18O/c1-4-6-10(8-11-10)7-5-9(2)3/h2,4-8H2,1,3H3. The van der Waals surface area contributed by atoms with Gasteiger partial charge in [0.25, 0.3) is 0 Å². The van der Waals surface area contributed by atoms with Gasteiger partial charge in [-0.15, -0.1) is 6.58 Å². The lowest BCUT2D eigenvalue weighted by atomic mass is 9.97. The van der Waals surface area contributed by atoms with Crippen molar-refractivity contribution < 1.29 is 4.74 Å². The van der Waals surface area contributed by atoms with Gasteiger partial charge in [-0.25, -0.2) is 0 Å². The van der Waals surface area contributed by atoms with Crippen molar-refractivity contribution >= 4 is 0 Å². The lowest BCUT2D eigenvalue weighted by molar-refractivity contribution is 0.272. The van der Waals surface area contributed by atoms with Gasteiger partial charge < -0.3 is 4.74 Å². The van der Waals surface area contributed by atoms with Crippen LogP contribution in [0.15, 0.2) is 12.2 Å². The Kier molecular flexibility index (Phi) is 2.72. The monoisotopic (exact) mass is 154 g/mol. The third-order valence-electron chi connectivity index (χ3n) is 2.27. The molecule has 0 aliphatic carbocycles. The number of ether oxygens (including phenoxy) is 1. The third-order valence-corrected chi connectivity index (χ3v) is 2.27. The summed E-state index contributed by atoms with van der Waals surface area (Å²) in [5.74, 6) is 0. The molecule has 1 heterocycles. The Morgan fingerprint density at radius 1 is 1.55 bits per heavy atom. The minimum absolute atomic E-state index is 0.272. The molecule has 1 rings (SSSR count). The molecule has 1 saturated heterocycles. The molecule has 1 unspecified atom stereocenters. The molecule has 0 aromatic carbocycles. The van der Waals surface area contributed by atoms with E-state index in [0.717, 1.165) is 13.0 Å². The van der Waals surface area contributed by atoms with Gasteiger partial charge >= 0.3 is 0 Å². The molecule has 0 spiro atoms. The number of hydrogen-bond donors (Lipinski definition) is 0. The fourth-order valence-corrected chi connectivity index (χ4v) is 1.41. The summed E-state index contributed by atoms with van der Waals surface area (Å²) >= 11 is 0. The fourth-order valence-electron chi connectivity index (χ4n) is 1.41. The first-order valence-corrected chi connectivity index (χ1v) is 4.47. The fraction of sp³-hybridized carbons (Fsp3) is 0.800. The predicted molar refractivity (Wildman–Crippen MR) is 47.6 cm³/mol. The largest absolute Gasteiger partial charge is 0.370 e. The van der Waals surface area contributed by atoms with Crippen LogP contribution in [0.5, 0.6) is 0 Å². The van der Waals surface area contributed by atoms with Crippen molar-refractivity contribution in [2.45, 2.75) is 45.1 Å². The van der Waals surface area contributed by atoms with Crippen LogP contribution in [0, 0.1) is 0 Å². The summed E-state index contributed by atoms with van der Waals surface area (Å²) in [6, 6.07) is 0. The molecule has 1 nitrogen and oxygen atoms in total. The first-order valence-electron chi connectivity index (χ1n) is 4.47. The highest BCUT2D eigenvalue weighted by Crippen LogP contribution is 2.37. The normalized spacial score (nSPS) is 28.5. The van der Waals surface area contributed by atoms with Gasteiger partial charge in [0, 0.05) is 0 Å². The van der Waals surface area contributed by atoms with Crippen LogP contribution in [-0.4, -0.2) is 12.2 Å². The molecule has 11 heavy (non-hydrogen) atoms. The molecule has 1 fully saturated rings. The Labute approximate surface area is 69.4 Å². The average Bonchev–Trinajstić information content (AvgIpc) is 2.67. The number of epoxide rings is 1. The molecule has 1 heteroatoms. The molecule has 1 aliphatic rings. The zero-order valence-electron chi connectivity index (χ0n) is 7.65. The van der Waals surface area contributed by atoms with Gasteiger partial charge in [0.15, 0.2) is 0 Å². The quantitative estimate of drug-likeness (QED) is 0.438. The maximum atomic E-state index is 5.45. The number of rotatable bonds is 5. The Morgan fingerprint density at radius 2 is 2.18 bits per heavy atom. The van der Waals surface area contributed by atoms with E-state index in [1.165, 1.54) is 24.8 Å². The van der Waals surface area contributed by atoms with E-state index in [1.807, 2.05) is 0 Å². The highest BCUT2D eigenvalue weighted by molar-refractivity contribution is 4.97. The van der Waals surface area contributed by atoms with Crippen molar-refractivity contribution in [3.8, 4) is 0 Å². The van der Waals surface area contributed by atoms with Crippen LogP contribution in [-0.2, 0) is 4.74 Å². The van der Waals surface area contributed by atoms with Crippen LogP contribution >= 0.6 is 0 Å². The second-order valence-electron chi connectivity index (χ2n) is 3.68. The molecule has 0 bridgehead atoms. The molecule has 1 aliphatic heterocycles. The molecule has 0 aromatic heterocycles. The topological polar surface area (TPSA) is 12.5 Å². The summed E-state index contributed by atoms with van der Waals surface area (Å²) in [7, 11) is 0. The molecular weight excluding hydrogens is 136 g/mol. The molecule has 0 amide bonds. The van der Waals surface area contributed by atoms with Crippen LogP contribution in [0.1, 0.15) is 39.5 Å². The minimum Gasteiger partial charge on any atom is -0.370 e. The maximum Gasteiger partial charge on any atom is 0.0919 e. The Hall–Kier alpha value is -0.300. The molecule has 1 atom stereocenters. The molecule has 64 valence electrons. The second kappa shape index (κ2) is 3.40. The van der Waals surface area contributed by atoms with Crippen molar-refractivity contribution in [3.05, 3.63) is 12.2 Å². The molecular formula is C10H18O. The Bertz CT molecular complexity index is 145. The SMILES string of the molecule is C=C(C)CCC1(CCC)CO1. The van der Waals surface area contributed by atoms with Gasteiger partial charge in [-0.05, 0) is 26.2 Å². The van der Waals surface area contributed by atoms with Crippen LogP contribution in [0.25, 0.3) is 0 Å². The first kappa shape index (κ1) is 8.79. The molecule has 0 saturated carbocycles. The molecule has 0 N–H and O–H groups in total. The summed E-state index contributed by atoms with van der Waals surface area (Å²) in [4.78, 5) is 0. The van der Waals surface area contributed by atoms with Crippen LogP contribution in [0.2, 0.25) is 0 Å². The molecule has 0 aromatic rings. The summed E-state index contributed by atoms with van der Waals surface area (Å²) in [5, 5.41) is 0. The smallest absolute Gasteiger partial charge is 0.0919 e. The number of hydrogen-bond acceptors (Lipinski definition) is 1.